The molecule has 4 aromatic rings. The Hall–Kier alpha value is -5.19. The van der Waals surface area contributed by atoms with E-state index in [0.29, 0.717) is 30.0 Å². The zero-order chi connectivity index (χ0) is 42.6. The van der Waals surface area contributed by atoms with Crippen molar-refractivity contribution in [1.82, 2.24) is 31.0 Å². The Morgan fingerprint density at radius 3 is 1.73 bits per heavy atom. The van der Waals surface area contributed by atoms with Crippen molar-refractivity contribution in [3.05, 3.63) is 82.2 Å². The zero-order valence-electron chi connectivity index (χ0n) is 34.6. The van der Waals surface area contributed by atoms with Gasteiger partial charge in [-0.25, -0.2) is 26.8 Å². The third kappa shape index (κ3) is 11.5. The Morgan fingerprint density at radius 1 is 0.717 bits per heavy atom. The van der Waals surface area contributed by atoms with Crippen LogP contribution in [-0.4, -0.2) is 77.0 Å². The van der Waals surface area contributed by atoms with Gasteiger partial charge in [0.25, 0.3) is 5.92 Å². The molecule has 2 saturated carbocycles. The van der Waals surface area contributed by atoms with Crippen molar-refractivity contribution in [3.8, 4) is 0 Å². The molecule has 1 aliphatic heterocycles. The van der Waals surface area contributed by atoms with Gasteiger partial charge in [0.15, 0.2) is 21.5 Å². The number of aryl methyl sites for hydroxylation is 2. The molecule has 2 unspecified atom stereocenters. The second-order valence-corrected chi connectivity index (χ2v) is 19.4. The first-order chi connectivity index (χ1) is 28.5. The van der Waals surface area contributed by atoms with Crippen LogP contribution in [0.15, 0.2) is 48.5 Å². The number of hydrogen-bond donors (Lipinski definition) is 6. The number of nitrogens with zero attached hydrogens (tertiary/aromatic N) is 2. The van der Waals surface area contributed by atoms with E-state index in [9.17, 15) is 26.8 Å². The highest BCUT2D eigenvalue weighted by molar-refractivity contribution is 7.90. The highest BCUT2D eigenvalue weighted by atomic mass is 32.2. The third-order valence-corrected chi connectivity index (χ3v) is 13.0. The van der Waals surface area contributed by atoms with E-state index in [1.165, 1.54) is 0 Å². The Bertz CT molecular complexity index is 2260. The molecule has 3 aliphatic carbocycles. The van der Waals surface area contributed by atoms with E-state index >= 15 is 0 Å². The number of amides is 2. The first kappa shape index (κ1) is 42.9. The maximum Gasteiger partial charge on any atom is 0.407 e. The molecular weight excluding hydrogens is 795 g/mol. The van der Waals surface area contributed by atoms with Crippen LogP contribution in [0.2, 0.25) is 0 Å². The fourth-order valence-corrected chi connectivity index (χ4v) is 9.89. The smallest absolute Gasteiger partial charge is 0.407 e. The van der Waals surface area contributed by atoms with Gasteiger partial charge in [0.05, 0.1) is 11.5 Å². The first-order valence-electron chi connectivity index (χ1n) is 21.0. The van der Waals surface area contributed by atoms with Crippen molar-refractivity contribution < 1.29 is 36.3 Å². The summed E-state index contributed by atoms with van der Waals surface area (Å²) in [5.41, 5.74) is 7.21. The largest absolute Gasteiger partial charge is 0.446 e. The molecule has 14 nitrogen and oxygen atoms in total. The minimum atomic E-state index is -3.00. The molecule has 0 bridgehead atoms. The Kier molecular flexibility index (Phi) is 13.0. The van der Waals surface area contributed by atoms with E-state index < -0.39 is 15.8 Å². The summed E-state index contributed by atoms with van der Waals surface area (Å²) in [6.07, 6.45) is 4.77. The van der Waals surface area contributed by atoms with Crippen LogP contribution in [0, 0.1) is 0 Å². The summed E-state index contributed by atoms with van der Waals surface area (Å²) in [6.45, 7) is 7.59. The van der Waals surface area contributed by atoms with E-state index in [2.05, 4.69) is 41.7 Å². The van der Waals surface area contributed by atoms with Gasteiger partial charge in [-0.1, -0.05) is 12.1 Å². The van der Waals surface area contributed by atoms with Gasteiger partial charge in [-0.15, -0.1) is 0 Å². The third-order valence-electron chi connectivity index (χ3n) is 11.4. The summed E-state index contributed by atoms with van der Waals surface area (Å²) >= 11 is 0. The number of anilines is 4. The Balaban J connectivity index is 0.000000181. The van der Waals surface area contributed by atoms with Gasteiger partial charge in [0, 0.05) is 71.7 Å². The van der Waals surface area contributed by atoms with Crippen molar-refractivity contribution >= 4 is 45.0 Å². The SMILES string of the molecule is CC(C)NC(=O)OC1CC[C@H](c2cc(Nc3ccc4c(c3)CC(F)(F)CC4)n[nH]2)C1.CC(C)NC(=O)OC1CC[C@H](c2cc(Nc3ccc4c(c3)CS(=O)(=O)CC4)n[nH]2)C1. The average molecular weight is 851 g/mol. The van der Waals surface area contributed by atoms with Crippen molar-refractivity contribution in [2.24, 2.45) is 0 Å². The van der Waals surface area contributed by atoms with Crippen molar-refractivity contribution in [2.45, 2.75) is 140 Å². The molecule has 2 aromatic heterocycles. The van der Waals surface area contributed by atoms with Crippen LogP contribution < -0.4 is 21.3 Å². The van der Waals surface area contributed by atoms with Gasteiger partial charge in [-0.3, -0.25) is 10.2 Å². The van der Waals surface area contributed by atoms with Crippen molar-refractivity contribution in [1.29, 1.82) is 0 Å². The van der Waals surface area contributed by atoms with Gasteiger partial charge in [0.1, 0.15) is 12.2 Å². The first-order valence-corrected chi connectivity index (χ1v) is 22.8. The molecule has 17 heteroatoms. The topological polar surface area (TPSA) is 192 Å². The number of alkyl halides is 2. The summed E-state index contributed by atoms with van der Waals surface area (Å²) in [6, 6.07) is 15.5. The van der Waals surface area contributed by atoms with Gasteiger partial charge < -0.3 is 30.7 Å². The number of carbonyl (C=O) groups is 2. The maximum atomic E-state index is 13.7. The average Bonchev–Trinajstić information content (AvgIpc) is 3.99. The molecule has 2 fully saturated rings. The van der Waals surface area contributed by atoms with Crippen molar-refractivity contribution in [3.63, 3.8) is 0 Å². The van der Waals surface area contributed by atoms with Crippen molar-refractivity contribution in [2.75, 3.05) is 16.4 Å². The van der Waals surface area contributed by atoms with Crippen LogP contribution in [0.1, 0.15) is 118 Å². The molecule has 0 saturated heterocycles. The van der Waals surface area contributed by atoms with Gasteiger partial charge in [-0.05, 0) is 126 Å². The highest BCUT2D eigenvalue weighted by Crippen LogP contribution is 2.38. The molecule has 4 atom stereocenters. The summed E-state index contributed by atoms with van der Waals surface area (Å²) in [7, 11) is -3.00. The highest BCUT2D eigenvalue weighted by Gasteiger charge is 2.34. The van der Waals surface area contributed by atoms with Gasteiger partial charge >= 0.3 is 12.2 Å². The van der Waals surface area contributed by atoms with E-state index in [1.807, 2.05) is 70.2 Å². The molecule has 2 amide bonds. The van der Waals surface area contributed by atoms with E-state index in [4.69, 9.17) is 9.47 Å². The number of hydrogen-bond acceptors (Lipinski definition) is 10. The molecular formula is C43H56F2N8O6S. The van der Waals surface area contributed by atoms with E-state index in [-0.39, 0.29) is 72.7 Å². The quantitative estimate of drug-likeness (QED) is 0.0903. The predicted molar refractivity (Wildman–Crippen MR) is 225 cm³/mol. The van der Waals surface area contributed by atoms with Crippen LogP contribution >= 0.6 is 0 Å². The van der Waals surface area contributed by atoms with Crippen LogP contribution in [0.5, 0.6) is 0 Å². The zero-order valence-corrected chi connectivity index (χ0v) is 35.4. The summed E-state index contributed by atoms with van der Waals surface area (Å²) in [4.78, 5) is 23.6. The van der Waals surface area contributed by atoms with Crippen LogP contribution in [0.25, 0.3) is 0 Å². The molecule has 60 heavy (non-hydrogen) atoms. The number of alkyl carbamates (subject to hydrolysis) is 2. The maximum absolute atomic E-state index is 13.7. The molecule has 3 heterocycles. The summed E-state index contributed by atoms with van der Waals surface area (Å²) < 4.78 is 62.2. The number of aromatic amines is 2. The molecule has 0 radical (unpaired) electrons. The van der Waals surface area contributed by atoms with Crippen LogP contribution in [0.4, 0.5) is 41.4 Å². The molecule has 324 valence electrons. The molecule has 4 aliphatic rings. The minimum Gasteiger partial charge on any atom is -0.446 e. The number of benzene rings is 2. The lowest BCUT2D eigenvalue weighted by Crippen LogP contribution is -2.33. The predicted octanol–water partition coefficient (Wildman–Crippen LogP) is 8.44. The number of fused-ring (bicyclic) bond motifs is 2. The lowest BCUT2D eigenvalue weighted by molar-refractivity contribution is -0.0122. The second kappa shape index (κ2) is 18.2. The normalized spacial score (nSPS) is 22.5. The number of halogens is 2. The number of nitrogens with one attached hydrogen (secondary N) is 6. The number of rotatable bonds is 10. The number of sulfone groups is 1. The van der Waals surface area contributed by atoms with Crippen LogP contribution in [-0.2, 0) is 44.3 Å². The number of H-pyrrole nitrogens is 2. The molecule has 2 aromatic carbocycles. The molecule has 8 rings (SSSR count). The minimum absolute atomic E-state index is 0.0470. The fourth-order valence-electron chi connectivity index (χ4n) is 8.47. The standard InChI is InChI=1S/C22H28F2N4O2.C21H28N4O4S/c1-13(2)25-21(29)30-18-6-4-15(10-18)19-11-20(28-27-19)26-17-5-3-14-7-8-22(23,24)12-16(14)9-17;1-13(2)22-21(26)29-18-6-4-15(10-18)19-11-20(25-24-19)23-17-5-3-14-7-8-30(27,28)12-16(14)9-17/h3,5,9,11,13,15,18H,4,6-8,10,12H2,1-2H3,(H,25,29)(H2,26,27,28);3,5,9,11,13,15,18H,4,6-8,10,12H2,1-2H3,(H,22,26)(H2,23,24,25)/t2*15-,18?/m00/s1. The second-order valence-electron chi connectivity index (χ2n) is 17.2. The lowest BCUT2D eigenvalue weighted by atomic mass is 9.89. The van der Waals surface area contributed by atoms with Gasteiger partial charge in [-0.2, -0.15) is 10.2 Å². The van der Waals surface area contributed by atoms with E-state index in [1.54, 1.807) is 6.07 Å². The summed E-state index contributed by atoms with van der Waals surface area (Å²) in [5, 5.41) is 26.8. The number of ether oxygens (including phenoxy) is 2. The fraction of sp³-hybridized carbons (Fsp3) is 0.535. The lowest BCUT2D eigenvalue weighted by Gasteiger charge is -2.24. The molecule has 6 N–H and O–H groups in total. The monoisotopic (exact) mass is 850 g/mol. The van der Waals surface area contributed by atoms with E-state index in [0.717, 1.165) is 78.0 Å². The number of carbonyl (C=O) groups excluding carboxylic acids is 2. The number of aromatic nitrogens is 4. The van der Waals surface area contributed by atoms with Crippen LogP contribution in [0.3, 0.4) is 0 Å². The van der Waals surface area contributed by atoms with Gasteiger partial charge in [0.2, 0.25) is 0 Å². The Labute approximate surface area is 349 Å². The summed E-state index contributed by atoms with van der Waals surface area (Å²) in [5.74, 6) is -0.470. The Morgan fingerprint density at radius 2 is 1.22 bits per heavy atom. The molecule has 0 spiro atoms.